The average Bonchev–Trinajstić information content (AvgIpc) is 2.99. The summed E-state index contributed by atoms with van der Waals surface area (Å²) < 4.78 is 0. The van der Waals surface area contributed by atoms with Crippen LogP contribution in [0.15, 0.2) is 11.1 Å². The van der Waals surface area contributed by atoms with Gasteiger partial charge in [0.05, 0.1) is 11.7 Å². The number of allylic oxidation sites excluding steroid dienone is 2. The summed E-state index contributed by atoms with van der Waals surface area (Å²) >= 11 is 0. The summed E-state index contributed by atoms with van der Waals surface area (Å²) in [5.41, 5.74) is 4.28. The van der Waals surface area contributed by atoms with Gasteiger partial charge >= 0.3 is 0 Å². The van der Waals surface area contributed by atoms with Crippen molar-refractivity contribution in [3.63, 3.8) is 0 Å². The van der Waals surface area contributed by atoms with Crippen LogP contribution in [0.1, 0.15) is 132 Å². The molecular weight excluding hydrogens is 404 g/mol. The lowest BCUT2D eigenvalue weighted by Crippen LogP contribution is -2.55. The average molecular weight is 459 g/mol. The van der Waals surface area contributed by atoms with Crippen LogP contribution in [-0.2, 0) is 0 Å². The predicted molar refractivity (Wildman–Crippen MR) is 139 cm³/mol. The van der Waals surface area contributed by atoms with E-state index in [4.69, 9.17) is 0 Å². The van der Waals surface area contributed by atoms with E-state index in [-0.39, 0.29) is 11.5 Å². The molecule has 0 spiro atoms. The summed E-state index contributed by atoms with van der Waals surface area (Å²) in [4.78, 5) is 0. The van der Waals surface area contributed by atoms with Crippen LogP contribution in [-0.4, -0.2) is 21.9 Å². The zero-order chi connectivity index (χ0) is 24.4. The van der Waals surface area contributed by atoms with Gasteiger partial charge in [-0.25, -0.2) is 0 Å². The van der Waals surface area contributed by atoms with Gasteiger partial charge in [0.25, 0.3) is 0 Å². The molecule has 0 radical (unpaired) electrons. The Kier molecular flexibility index (Phi) is 6.52. The van der Waals surface area contributed by atoms with Crippen LogP contribution in [0.4, 0.5) is 0 Å². The standard InChI is InChI=1S/C31H54O2/c1-21(11-9-10-17-27(2,3)33)22-14-19-31(8)24-12-13-25-28(4,5)26(32)16-18-29(25,6)23(24)15-20-30(22,31)7/h21-22,25-26,32-33H,9-20H2,1-8H3/t21-,22-,25+,26+,29-,30-,31+/m1/s1. The third-order valence-electron chi connectivity index (χ3n) is 12.2. The molecule has 0 amide bonds. The van der Waals surface area contributed by atoms with Crippen molar-refractivity contribution in [3.8, 4) is 0 Å². The minimum Gasteiger partial charge on any atom is -0.393 e. The zero-order valence-electron chi connectivity index (χ0n) is 23.2. The first-order valence-corrected chi connectivity index (χ1v) is 14.3. The Morgan fingerprint density at radius 3 is 2.27 bits per heavy atom. The van der Waals surface area contributed by atoms with Crippen molar-refractivity contribution in [1.82, 2.24) is 0 Å². The van der Waals surface area contributed by atoms with Crippen molar-refractivity contribution in [2.75, 3.05) is 0 Å². The van der Waals surface area contributed by atoms with Crippen molar-refractivity contribution in [2.45, 2.75) is 144 Å². The summed E-state index contributed by atoms with van der Waals surface area (Å²) in [6.07, 6.45) is 14.6. The molecule has 7 atom stereocenters. The van der Waals surface area contributed by atoms with Gasteiger partial charge in [0.1, 0.15) is 0 Å². The lowest BCUT2D eigenvalue weighted by molar-refractivity contribution is -0.0962. The maximum absolute atomic E-state index is 10.8. The molecule has 2 saturated carbocycles. The molecule has 2 nitrogen and oxygen atoms in total. The number of hydrogen-bond acceptors (Lipinski definition) is 2. The van der Waals surface area contributed by atoms with Crippen molar-refractivity contribution >= 4 is 0 Å². The highest BCUT2D eigenvalue weighted by Crippen LogP contribution is 2.72. The second kappa shape index (κ2) is 8.36. The van der Waals surface area contributed by atoms with Gasteiger partial charge in [0, 0.05) is 0 Å². The zero-order valence-corrected chi connectivity index (χ0v) is 23.2. The van der Waals surface area contributed by atoms with Crippen LogP contribution in [0, 0.1) is 39.4 Å². The fraction of sp³-hybridized carbons (Fsp3) is 0.935. The van der Waals surface area contributed by atoms with E-state index >= 15 is 0 Å². The Morgan fingerprint density at radius 1 is 0.909 bits per heavy atom. The quantitative estimate of drug-likeness (QED) is 0.312. The van der Waals surface area contributed by atoms with Crippen LogP contribution < -0.4 is 0 Å². The molecule has 4 aliphatic rings. The van der Waals surface area contributed by atoms with E-state index in [0.29, 0.717) is 22.2 Å². The van der Waals surface area contributed by atoms with Crippen molar-refractivity contribution in [2.24, 2.45) is 39.4 Å². The summed E-state index contributed by atoms with van der Waals surface area (Å²) in [5.74, 6) is 2.22. The highest BCUT2D eigenvalue weighted by Gasteiger charge is 2.63. The Hall–Kier alpha value is -0.340. The van der Waals surface area contributed by atoms with E-state index in [1.54, 1.807) is 0 Å². The van der Waals surface area contributed by atoms with E-state index in [0.717, 1.165) is 31.1 Å². The monoisotopic (exact) mass is 458 g/mol. The lowest BCUT2D eigenvalue weighted by Gasteiger charge is -2.62. The lowest BCUT2D eigenvalue weighted by atomic mass is 9.43. The van der Waals surface area contributed by atoms with E-state index in [2.05, 4.69) is 41.5 Å². The van der Waals surface area contributed by atoms with Gasteiger partial charge in [-0.2, -0.15) is 0 Å². The van der Waals surface area contributed by atoms with E-state index in [1.165, 1.54) is 57.8 Å². The third-order valence-corrected chi connectivity index (χ3v) is 12.2. The summed E-state index contributed by atoms with van der Waals surface area (Å²) in [6.45, 7) is 19.0. The van der Waals surface area contributed by atoms with Crippen molar-refractivity contribution in [3.05, 3.63) is 11.1 Å². The number of hydrogen-bond donors (Lipinski definition) is 2. The van der Waals surface area contributed by atoms with Gasteiger partial charge in [-0.15, -0.1) is 0 Å². The number of aliphatic hydroxyl groups is 2. The molecule has 2 fully saturated rings. The smallest absolute Gasteiger partial charge is 0.0594 e. The number of aliphatic hydroxyl groups excluding tert-OH is 1. The predicted octanol–water partition coefficient (Wildman–Crippen LogP) is 8.06. The molecule has 4 rings (SSSR count). The Bertz CT molecular complexity index is 772. The fourth-order valence-corrected chi connectivity index (χ4v) is 9.85. The first kappa shape index (κ1) is 25.7. The molecule has 2 N–H and O–H groups in total. The Labute approximate surface area is 205 Å². The van der Waals surface area contributed by atoms with Gasteiger partial charge in [-0.1, -0.05) is 72.0 Å². The number of unbranched alkanes of at least 4 members (excludes halogenated alkanes) is 1. The van der Waals surface area contributed by atoms with Crippen LogP contribution in [0.2, 0.25) is 0 Å². The largest absolute Gasteiger partial charge is 0.393 e. The minimum absolute atomic E-state index is 0.0308. The van der Waals surface area contributed by atoms with Gasteiger partial charge in [0.15, 0.2) is 0 Å². The van der Waals surface area contributed by atoms with Gasteiger partial charge in [-0.05, 0) is 111 Å². The Morgan fingerprint density at radius 2 is 1.61 bits per heavy atom. The fourth-order valence-electron chi connectivity index (χ4n) is 9.85. The molecule has 33 heavy (non-hydrogen) atoms. The Balaban J connectivity index is 1.55. The molecule has 0 aromatic rings. The SMILES string of the molecule is C[C@H](CCCCC(C)(C)O)[C@H]1CC[C@@]2(C)C3=C(CC[C@]12C)[C@@]1(C)CC[C@H](O)C(C)(C)[C@@H]1CC3. The molecular formula is C31H54O2. The second-order valence-electron chi connectivity index (χ2n) is 14.8. The highest BCUT2D eigenvalue weighted by molar-refractivity contribution is 5.38. The molecule has 0 aliphatic heterocycles. The van der Waals surface area contributed by atoms with Gasteiger partial charge in [-0.3, -0.25) is 0 Å². The minimum atomic E-state index is -0.522. The number of fused-ring (bicyclic) bond motifs is 4. The van der Waals surface area contributed by atoms with E-state index in [9.17, 15) is 10.2 Å². The van der Waals surface area contributed by atoms with E-state index in [1.807, 2.05) is 25.0 Å². The van der Waals surface area contributed by atoms with Gasteiger partial charge in [0.2, 0.25) is 0 Å². The summed E-state index contributed by atoms with van der Waals surface area (Å²) in [7, 11) is 0. The maximum atomic E-state index is 10.8. The molecule has 4 aliphatic carbocycles. The van der Waals surface area contributed by atoms with Crippen LogP contribution in [0.25, 0.3) is 0 Å². The topological polar surface area (TPSA) is 40.5 Å². The normalized spacial score (nSPS) is 43.6. The molecule has 0 unspecified atom stereocenters. The molecule has 190 valence electrons. The maximum Gasteiger partial charge on any atom is 0.0594 e. The molecule has 0 bridgehead atoms. The molecule has 0 saturated heterocycles. The molecule has 2 heteroatoms. The third kappa shape index (κ3) is 3.98. The summed E-state index contributed by atoms with van der Waals surface area (Å²) in [6, 6.07) is 0. The first-order chi connectivity index (χ1) is 15.2. The van der Waals surface area contributed by atoms with E-state index < -0.39 is 5.60 Å². The van der Waals surface area contributed by atoms with Crippen molar-refractivity contribution < 1.29 is 10.2 Å². The molecule has 0 aromatic carbocycles. The molecule has 0 heterocycles. The molecule has 0 aromatic heterocycles. The summed E-state index contributed by atoms with van der Waals surface area (Å²) in [5, 5.41) is 20.9. The first-order valence-electron chi connectivity index (χ1n) is 14.3. The second-order valence-corrected chi connectivity index (χ2v) is 14.8. The van der Waals surface area contributed by atoms with Gasteiger partial charge < -0.3 is 10.2 Å². The highest BCUT2D eigenvalue weighted by atomic mass is 16.3. The van der Waals surface area contributed by atoms with Crippen LogP contribution in [0.3, 0.4) is 0 Å². The van der Waals surface area contributed by atoms with Crippen LogP contribution >= 0.6 is 0 Å². The number of rotatable bonds is 6. The van der Waals surface area contributed by atoms with Crippen LogP contribution in [0.5, 0.6) is 0 Å². The van der Waals surface area contributed by atoms with Crippen molar-refractivity contribution in [1.29, 1.82) is 0 Å².